The van der Waals surface area contributed by atoms with Gasteiger partial charge in [0.25, 0.3) is 5.91 Å². The van der Waals surface area contributed by atoms with E-state index in [1.54, 1.807) is 0 Å². The Balaban J connectivity index is 0.00000182. The van der Waals surface area contributed by atoms with Crippen LogP contribution in [0.3, 0.4) is 0 Å². The summed E-state index contributed by atoms with van der Waals surface area (Å²) < 4.78 is 5.83. The number of oxazole rings is 1. The van der Waals surface area contributed by atoms with E-state index < -0.39 is 0 Å². The van der Waals surface area contributed by atoms with Crippen molar-refractivity contribution < 1.29 is 9.21 Å². The Morgan fingerprint density at radius 2 is 1.84 bits per heavy atom. The summed E-state index contributed by atoms with van der Waals surface area (Å²) in [5.74, 6) is 0.811. The Morgan fingerprint density at radius 1 is 1.20 bits per heavy atom. The molecular weight excluding hydrogens is 338 g/mol. The van der Waals surface area contributed by atoms with Gasteiger partial charge in [0, 0.05) is 30.7 Å². The summed E-state index contributed by atoms with van der Waals surface area (Å²) >= 11 is 0. The van der Waals surface area contributed by atoms with E-state index >= 15 is 0 Å². The van der Waals surface area contributed by atoms with Crippen molar-refractivity contribution in [3.8, 4) is 11.5 Å². The van der Waals surface area contributed by atoms with Crippen LogP contribution < -0.4 is 5.32 Å². The number of fused-ring (bicyclic) bond motifs is 2. The zero-order valence-corrected chi connectivity index (χ0v) is 15.4. The predicted molar refractivity (Wildman–Crippen MR) is 99.0 cm³/mol. The largest absolute Gasteiger partial charge is 0.431 e. The van der Waals surface area contributed by atoms with Crippen molar-refractivity contribution in [3.63, 3.8) is 0 Å². The van der Waals surface area contributed by atoms with E-state index in [2.05, 4.69) is 10.3 Å². The van der Waals surface area contributed by atoms with E-state index in [9.17, 15) is 4.79 Å². The van der Waals surface area contributed by atoms with Crippen LogP contribution in [0.4, 0.5) is 0 Å². The Bertz CT molecular complexity index is 734. The molecule has 0 aliphatic carbocycles. The van der Waals surface area contributed by atoms with Gasteiger partial charge in [-0.1, -0.05) is 18.2 Å². The fraction of sp³-hybridized carbons (Fsp3) is 0.474. The summed E-state index contributed by atoms with van der Waals surface area (Å²) in [5.41, 5.74) is 1.55. The highest BCUT2D eigenvalue weighted by atomic mass is 35.5. The predicted octanol–water partition coefficient (Wildman–Crippen LogP) is 3.43. The summed E-state index contributed by atoms with van der Waals surface area (Å²) in [6.45, 7) is 1.84. The number of rotatable bonds is 3. The SMILES string of the molecule is Cc1nc(-c2ccccc2)oc1C(=O)N(C)C1CC2CCC(C1)N2.Cl. The molecule has 2 aliphatic heterocycles. The number of carbonyl (C=O) groups excluding carboxylic acids is 1. The molecule has 0 saturated carbocycles. The van der Waals surface area contributed by atoms with Gasteiger partial charge in [-0.3, -0.25) is 4.79 Å². The average molecular weight is 362 g/mol. The Hall–Kier alpha value is -1.85. The molecule has 1 aromatic heterocycles. The molecule has 3 heterocycles. The van der Waals surface area contributed by atoms with Crippen LogP contribution in [0.15, 0.2) is 34.7 Å². The highest BCUT2D eigenvalue weighted by molar-refractivity contribution is 5.93. The number of hydrogen-bond donors (Lipinski definition) is 1. The van der Waals surface area contributed by atoms with Gasteiger partial charge in [0.15, 0.2) is 0 Å². The first kappa shape index (κ1) is 18.0. The van der Waals surface area contributed by atoms with Crippen molar-refractivity contribution in [1.29, 1.82) is 0 Å². The molecule has 2 aromatic rings. The van der Waals surface area contributed by atoms with Crippen LogP contribution in [-0.2, 0) is 0 Å². The molecule has 1 N–H and O–H groups in total. The van der Waals surface area contributed by atoms with Gasteiger partial charge in [-0.25, -0.2) is 4.98 Å². The van der Waals surface area contributed by atoms with Gasteiger partial charge >= 0.3 is 0 Å². The summed E-state index contributed by atoms with van der Waals surface area (Å²) in [7, 11) is 1.89. The molecule has 5 nitrogen and oxygen atoms in total. The van der Waals surface area contributed by atoms with E-state index in [1.807, 2.05) is 49.2 Å². The average Bonchev–Trinajstić information content (AvgIpc) is 3.16. The lowest BCUT2D eigenvalue weighted by atomic mass is 9.98. The number of nitrogens with one attached hydrogen (secondary N) is 1. The van der Waals surface area contributed by atoms with Gasteiger partial charge in [0.05, 0.1) is 5.69 Å². The number of hydrogen-bond acceptors (Lipinski definition) is 4. The Morgan fingerprint density at radius 3 is 2.48 bits per heavy atom. The molecule has 0 radical (unpaired) electrons. The number of amides is 1. The number of piperidine rings is 1. The van der Waals surface area contributed by atoms with Gasteiger partial charge < -0.3 is 14.6 Å². The number of aryl methyl sites for hydroxylation is 1. The molecule has 4 rings (SSSR count). The number of halogens is 1. The molecule has 1 amide bonds. The Kier molecular flexibility index (Phi) is 5.16. The van der Waals surface area contributed by atoms with Crippen LogP contribution in [0.5, 0.6) is 0 Å². The van der Waals surface area contributed by atoms with Gasteiger partial charge in [-0.05, 0) is 44.7 Å². The number of nitrogens with zero attached hydrogens (tertiary/aromatic N) is 2. The first-order chi connectivity index (χ1) is 11.6. The summed E-state index contributed by atoms with van der Waals surface area (Å²) in [6, 6.07) is 11.1. The third-order valence-corrected chi connectivity index (χ3v) is 5.33. The lowest BCUT2D eigenvalue weighted by Crippen LogP contribution is -2.48. The molecule has 2 fully saturated rings. The van der Waals surface area contributed by atoms with Crippen molar-refractivity contribution in [2.45, 2.75) is 50.7 Å². The van der Waals surface area contributed by atoms with Crippen LogP contribution in [0.2, 0.25) is 0 Å². The molecule has 134 valence electrons. The highest BCUT2D eigenvalue weighted by Crippen LogP contribution is 2.30. The first-order valence-corrected chi connectivity index (χ1v) is 8.68. The maximum absolute atomic E-state index is 12.9. The smallest absolute Gasteiger partial charge is 0.291 e. The number of benzene rings is 1. The molecule has 25 heavy (non-hydrogen) atoms. The van der Waals surface area contributed by atoms with Gasteiger partial charge in [-0.2, -0.15) is 0 Å². The number of carbonyl (C=O) groups is 1. The quantitative estimate of drug-likeness (QED) is 0.909. The minimum Gasteiger partial charge on any atom is -0.431 e. The van der Waals surface area contributed by atoms with Crippen LogP contribution in [-0.4, -0.2) is 41.0 Å². The molecule has 6 heteroatoms. The molecule has 2 unspecified atom stereocenters. The van der Waals surface area contributed by atoms with Crippen LogP contribution >= 0.6 is 12.4 Å². The number of aromatic nitrogens is 1. The lowest BCUT2D eigenvalue weighted by molar-refractivity contribution is 0.0649. The van der Waals surface area contributed by atoms with Crippen molar-refractivity contribution in [2.24, 2.45) is 0 Å². The molecule has 2 atom stereocenters. The van der Waals surface area contributed by atoms with Crippen LogP contribution in [0, 0.1) is 6.92 Å². The molecule has 2 aliphatic rings. The standard InChI is InChI=1S/C19H23N3O2.ClH/c1-12-17(24-18(20-12)13-6-4-3-5-7-13)19(23)22(2)16-10-14-8-9-15(11-16)21-14;/h3-7,14-16,21H,8-11H2,1-2H3;1H. The Labute approximate surface area is 154 Å². The highest BCUT2D eigenvalue weighted by Gasteiger charge is 2.37. The van der Waals surface area contributed by atoms with Crippen molar-refractivity contribution >= 4 is 18.3 Å². The molecular formula is C19H24ClN3O2. The van der Waals surface area contributed by atoms with E-state index in [-0.39, 0.29) is 24.4 Å². The van der Waals surface area contributed by atoms with Crippen molar-refractivity contribution in [2.75, 3.05) is 7.05 Å². The molecule has 1 aromatic carbocycles. The zero-order valence-electron chi connectivity index (χ0n) is 14.6. The third kappa shape index (κ3) is 3.44. The normalized spacial score (nSPS) is 24.6. The lowest BCUT2D eigenvalue weighted by Gasteiger charge is -2.35. The van der Waals surface area contributed by atoms with E-state index in [0.29, 0.717) is 29.4 Å². The molecule has 0 spiro atoms. The topological polar surface area (TPSA) is 58.4 Å². The molecule has 2 bridgehead atoms. The van der Waals surface area contributed by atoms with Crippen LogP contribution in [0.1, 0.15) is 41.9 Å². The third-order valence-electron chi connectivity index (χ3n) is 5.33. The summed E-state index contributed by atoms with van der Waals surface area (Å²) in [4.78, 5) is 19.2. The maximum Gasteiger partial charge on any atom is 0.291 e. The second-order valence-corrected chi connectivity index (χ2v) is 6.98. The first-order valence-electron chi connectivity index (χ1n) is 8.68. The van der Waals surface area contributed by atoms with Crippen molar-refractivity contribution in [3.05, 3.63) is 41.8 Å². The second kappa shape index (κ2) is 7.18. The summed E-state index contributed by atoms with van der Waals surface area (Å²) in [6.07, 6.45) is 4.50. The zero-order chi connectivity index (χ0) is 16.7. The van der Waals surface area contributed by atoms with Crippen molar-refractivity contribution in [1.82, 2.24) is 15.2 Å². The van der Waals surface area contributed by atoms with Crippen LogP contribution in [0.25, 0.3) is 11.5 Å². The fourth-order valence-electron chi connectivity index (χ4n) is 3.97. The maximum atomic E-state index is 12.9. The monoisotopic (exact) mass is 361 g/mol. The van der Waals surface area contributed by atoms with Gasteiger partial charge in [0.2, 0.25) is 11.7 Å². The van der Waals surface area contributed by atoms with Gasteiger partial charge in [0.1, 0.15) is 0 Å². The minimum absolute atomic E-state index is 0. The minimum atomic E-state index is -0.0616. The summed E-state index contributed by atoms with van der Waals surface area (Å²) in [5, 5.41) is 3.62. The van der Waals surface area contributed by atoms with E-state index in [4.69, 9.17) is 4.42 Å². The molecule has 2 saturated heterocycles. The van der Waals surface area contributed by atoms with Gasteiger partial charge in [-0.15, -0.1) is 12.4 Å². The fourth-order valence-corrected chi connectivity index (χ4v) is 3.97. The second-order valence-electron chi connectivity index (χ2n) is 6.98. The van der Waals surface area contributed by atoms with E-state index in [0.717, 1.165) is 18.4 Å². The van der Waals surface area contributed by atoms with E-state index in [1.165, 1.54) is 12.8 Å².